The Morgan fingerprint density at radius 3 is 2.69 bits per heavy atom. The lowest BCUT2D eigenvalue weighted by Gasteiger charge is -2.48. The van der Waals surface area contributed by atoms with E-state index >= 15 is 0 Å². The maximum atomic E-state index is 12.1. The third kappa shape index (κ3) is 2.17. The molecule has 0 bridgehead atoms. The maximum Gasteiger partial charge on any atom is 0.320 e. The first-order chi connectivity index (χ1) is 7.54. The summed E-state index contributed by atoms with van der Waals surface area (Å²) >= 11 is 0. The quantitative estimate of drug-likeness (QED) is 0.732. The van der Waals surface area contributed by atoms with E-state index < -0.39 is 5.60 Å². The lowest BCUT2D eigenvalue weighted by molar-refractivity contribution is -0.0839. The molecule has 0 aromatic rings. The van der Waals surface area contributed by atoms with Gasteiger partial charge in [-0.3, -0.25) is 0 Å². The standard InChI is InChI=1S/C12H22N2O2/c1-3-12(16)8-14(9-12)11(15)13-6-4-5-10(2)7-13/h10,16H,3-9H2,1-2H3. The number of hydrogen-bond acceptors (Lipinski definition) is 2. The molecule has 2 rings (SSSR count). The highest BCUT2D eigenvalue weighted by Gasteiger charge is 2.43. The number of hydrogen-bond donors (Lipinski definition) is 1. The number of urea groups is 1. The molecule has 2 heterocycles. The van der Waals surface area contributed by atoms with E-state index in [0.29, 0.717) is 19.0 Å². The van der Waals surface area contributed by atoms with Crippen molar-refractivity contribution in [2.24, 2.45) is 5.92 Å². The lowest BCUT2D eigenvalue weighted by atomic mass is 9.91. The van der Waals surface area contributed by atoms with E-state index in [-0.39, 0.29) is 6.03 Å². The van der Waals surface area contributed by atoms with E-state index in [1.54, 1.807) is 4.90 Å². The third-order valence-corrected chi connectivity index (χ3v) is 3.83. The van der Waals surface area contributed by atoms with Gasteiger partial charge in [-0.1, -0.05) is 13.8 Å². The smallest absolute Gasteiger partial charge is 0.320 e. The van der Waals surface area contributed by atoms with Crippen LogP contribution in [0.15, 0.2) is 0 Å². The van der Waals surface area contributed by atoms with Crippen molar-refractivity contribution in [3.05, 3.63) is 0 Å². The van der Waals surface area contributed by atoms with Gasteiger partial charge in [0.1, 0.15) is 0 Å². The molecule has 16 heavy (non-hydrogen) atoms. The minimum absolute atomic E-state index is 0.115. The Morgan fingerprint density at radius 2 is 2.12 bits per heavy atom. The van der Waals surface area contributed by atoms with Crippen molar-refractivity contribution >= 4 is 6.03 Å². The van der Waals surface area contributed by atoms with Gasteiger partial charge in [-0.25, -0.2) is 4.79 Å². The summed E-state index contributed by atoms with van der Waals surface area (Å²) in [4.78, 5) is 15.8. The first kappa shape index (κ1) is 11.7. The van der Waals surface area contributed by atoms with Gasteiger partial charge < -0.3 is 14.9 Å². The number of piperidine rings is 1. The summed E-state index contributed by atoms with van der Waals surface area (Å²) < 4.78 is 0. The summed E-state index contributed by atoms with van der Waals surface area (Å²) in [5.41, 5.74) is -0.614. The van der Waals surface area contributed by atoms with Crippen LogP contribution in [0.1, 0.15) is 33.1 Å². The number of carbonyl (C=O) groups excluding carboxylic acids is 1. The summed E-state index contributed by atoms with van der Waals surface area (Å²) in [6, 6.07) is 0.115. The second kappa shape index (κ2) is 4.24. The highest BCUT2D eigenvalue weighted by atomic mass is 16.3. The number of carbonyl (C=O) groups is 1. The van der Waals surface area contributed by atoms with Crippen LogP contribution in [0.4, 0.5) is 4.79 Å². The van der Waals surface area contributed by atoms with Crippen LogP contribution in [0.5, 0.6) is 0 Å². The van der Waals surface area contributed by atoms with E-state index in [4.69, 9.17) is 0 Å². The Balaban J connectivity index is 1.85. The molecule has 4 nitrogen and oxygen atoms in total. The average Bonchev–Trinajstić information content (AvgIpc) is 2.24. The summed E-state index contributed by atoms with van der Waals surface area (Å²) in [5, 5.41) is 9.88. The van der Waals surface area contributed by atoms with Crippen molar-refractivity contribution in [3.8, 4) is 0 Å². The van der Waals surface area contributed by atoms with Crippen molar-refractivity contribution in [2.45, 2.75) is 38.7 Å². The minimum Gasteiger partial charge on any atom is -0.386 e. The molecular weight excluding hydrogens is 204 g/mol. The molecule has 92 valence electrons. The molecule has 0 aromatic carbocycles. The van der Waals surface area contributed by atoms with E-state index in [1.807, 2.05) is 11.8 Å². The molecule has 0 aromatic heterocycles. The second-order valence-electron chi connectivity index (χ2n) is 5.41. The first-order valence-electron chi connectivity index (χ1n) is 6.30. The molecule has 1 atom stereocenters. The van der Waals surface area contributed by atoms with Crippen LogP contribution in [0, 0.1) is 5.92 Å². The van der Waals surface area contributed by atoms with Crippen LogP contribution in [0.2, 0.25) is 0 Å². The fraction of sp³-hybridized carbons (Fsp3) is 0.917. The Bertz CT molecular complexity index is 274. The zero-order valence-corrected chi connectivity index (χ0v) is 10.3. The van der Waals surface area contributed by atoms with Crippen LogP contribution in [-0.4, -0.2) is 52.7 Å². The van der Waals surface area contributed by atoms with Gasteiger partial charge in [0.05, 0.1) is 18.7 Å². The van der Waals surface area contributed by atoms with Crippen LogP contribution in [0.25, 0.3) is 0 Å². The topological polar surface area (TPSA) is 43.8 Å². The average molecular weight is 226 g/mol. The molecule has 2 aliphatic heterocycles. The van der Waals surface area contributed by atoms with Gasteiger partial charge in [-0.15, -0.1) is 0 Å². The molecule has 0 spiro atoms. The van der Waals surface area contributed by atoms with Crippen LogP contribution in [-0.2, 0) is 0 Å². The number of rotatable bonds is 1. The fourth-order valence-electron chi connectivity index (χ4n) is 2.59. The molecule has 0 aliphatic carbocycles. The highest BCUT2D eigenvalue weighted by molar-refractivity contribution is 5.75. The van der Waals surface area contributed by atoms with Gasteiger partial charge in [0.2, 0.25) is 0 Å². The molecular formula is C12H22N2O2. The number of aliphatic hydroxyl groups is 1. The molecule has 0 saturated carbocycles. The largest absolute Gasteiger partial charge is 0.386 e. The molecule has 2 aliphatic rings. The molecule has 1 N–H and O–H groups in total. The number of likely N-dealkylation sites (tertiary alicyclic amines) is 2. The van der Waals surface area contributed by atoms with Gasteiger partial charge in [-0.2, -0.15) is 0 Å². The highest BCUT2D eigenvalue weighted by Crippen LogP contribution is 2.26. The maximum absolute atomic E-state index is 12.1. The summed E-state index contributed by atoms with van der Waals surface area (Å²) in [7, 11) is 0. The summed E-state index contributed by atoms with van der Waals surface area (Å²) in [5.74, 6) is 0.615. The van der Waals surface area contributed by atoms with Crippen molar-refractivity contribution in [1.82, 2.24) is 9.80 Å². The normalized spacial score (nSPS) is 28.8. The predicted molar refractivity (Wildman–Crippen MR) is 62.2 cm³/mol. The molecule has 2 saturated heterocycles. The van der Waals surface area contributed by atoms with Crippen molar-refractivity contribution in [3.63, 3.8) is 0 Å². The van der Waals surface area contributed by atoms with Gasteiger partial charge in [-0.05, 0) is 25.2 Å². The van der Waals surface area contributed by atoms with Crippen molar-refractivity contribution < 1.29 is 9.90 Å². The van der Waals surface area contributed by atoms with Gasteiger partial charge in [0.25, 0.3) is 0 Å². The Morgan fingerprint density at radius 1 is 1.44 bits per heavy atom. The second-order valence-corrected chi connectivity index (χ2v) is 5.41. The SMILES string of the molecule is CCC1(O)CN(C(=O)N2CCCC(C)C2)C1. The van der Waals surface area contributed by atoms with Crippen LogP contribution < -0.4 is 0 Å². The Kier molecular flexibility index (Phi) is 3.10. The lowest BCUT2D eigenvalue weighted by Crippen LogP contribution is -2.65. The zero-order valence-electron chi connectivity index (χ0n) is 10.3. The molecule has 4 heteroatoms. The Hall–Kier alpha value is -0.770. The summed E-state index contributed by atoms with van der Waals surface area (Å²) in [6.07, 6.45) is 3.06. The molecule has 2 fully saturated rings. The van der Waals surface area contributed by atoms with E-state index in [2.05, 4.69) is 6.92 Å². The van der Waals surface area contributed by atoms with Gasteiger partial charge in [0, 0.05) is 13.1 Å². The van der Waals surface area contributed by atoms with Crippen LogP contribution in [0.3, 0.4) is 0 Å². The number of amides is 2. The Labute approximate surface area is 97.2 Å². The fourth-order valence-corrected chi connectivity index (χ4v) is 2.59. The van der Waals surface area contributed by atoms with Gasteiger partial charge in [0.15, 0.2) is 0 Å². The molecule has 2 amide bonds. The number of nitrogens with zero attached hydrogens (tertiary/aromatic N) is 2. The zero-order chi connectivity index (χ0) is 11.8. The van der Waals surface area contributed by atoms with E-state index in [9.17, 15) is 9.90 Å². The summed E-state index contributed by atoms with van der Waals surface area (Å²) in [6.45, 7) is 6.92. The van der Waals surface area contributed by atoms with Crippen molar-refractivity contribution in [1.29, 1.82) is 0 Å². The monoisotopic (exact) mass is 226 g/mol. The number of β-amino-alcohol motifs (C(OH)–C–C–N with tert-alkyl or cyclic N) is 1. The van der Waals surface area contributed by atoms with E-state index in [0.717, 1.165) is 25.9 Å². The molecule has 1 unspecified atom stereocenters. The predicted octanol–water partition coefficient (Wildman–Crippen LogP) is 1.30. The van der Waals surface area contributed by atoms with Crippen LogP contribution >= 0.6 is 0 Å². The van der Waals surface area contributed by atoms with Gasteiger partial charge >= 0.3 is 6.03 Å². The van der Waals surface area contributed by atoms with Crippen molar-refractivity contribution in [2.75, 3.05) is 26.2 Å². The minimum atomic E-state index is -0.614. The first-order valence-corrected chi connectivity index (χ1v) is 6.30. The third-order valence-electron chi connectivity index (χ3n) is 3.83. The molecule has 0 radical (unpaired) electrons. The van der Waals surface area contributed by atoms with E-state index in [1.165, 1.54) is 6.42 Å².